The third kappa shape index (κ3) is 3.69. The van der Waals surface area contributed by atoms with E-state index in [1.807, 2.05) is 0 Å². The van der Waals surface area contributed by atoms with Gasteiger partial charge in [-0.1, -0.05) is 143 Å². The number of fused-ring (bicyclic) bond motifs is 8. The number of allylic oxidation sites excluding steroid dienone is 5. The lowest BCUT2D eigenvalue weighted by atomic mass is 9.77. The van der Waals surface area contributed by atoms with Crippen molar-refractivity contribution in [1.29, 1.82) is 0 Å². The molecule has 0 atom stereocenters. The lowest BCUT2D eigenvalue weighted by Crippen LogP contribution is -2.18. The summed E-state index contributed by atoms with van der Waals surface area (Å²) in [6, 6.07) is 34.0. The quantitative estimate of drug-likeness (QED) is 0.208. The standard InChI is InChI=1S/C43H38/c1-27-31(33-18-9-7-14-30(33)22-21-29-16-12-15-28-13-6-8-17-32(28)29)23-24-35-40-38(43(4,5)41(27)35)26-25-37-39(40)34-19-10-11-20-36(34)42(37,2)3/h6-8,10-17,19-26H,9,18H2,1-5H3/b22-21-. The van der Waals surface area contributed by atoms with Gasteiger partial charge in [-0.05, 0) is 103 Å². The smallest absolute Gasteiger partial charge is 0.0161 e. The van der Waals surface area contributed by atoms with Gasteiger partial charge in [0.25, 0.3) is 0 Å². The Bertz CT molecular complexity index is 2070. The van der Waals surface area contributed by atoms with Crippen LogP contribution in [0.5, 0.6) is 0 Å². The van der Waals surface area contributed by atoms with Crippen molar-refractivity contribution in [3.05, 3.63) is 154 Å². The fraction of sp³-hybridized carbons (Fsp3) is 0.209. The van der Waals surface area contributed by atoms with Gasteiger partial charge >= 0.3 is 0 Å². The predicted molar refractivity (Wildman–Crippen MR) is 185 cm³/mol. The van der Waals surface area contributed by atoms with Crippen molar-refractivity contribution in [2.24, 2.45) is 0 Å². The van der Waals surface area contributed by atoms with Crippen LogP contribution in [0.2, 0.25) is 0 Å². The number of benzene rings is 5. The Hall–Kier alpha value is -4.42. The summed E-state index contributed by atoms with van der Waals surface area (Å²) in [4.78, 5) is 0. The van der Waals surface area contributed by atoms with Crippen LogP contribution in [0.4, 0.5) is 0 Å². The minimum Gasteiger partial charge on any atom is -0.0836 e. The maximum atomic E-state index is 2.44. The normalized spacial score (nSPS) is 17.3. The second kappa shape index (κ2) is 9.29. The van der Waals surface area contributed by atoms with E-state index in [0.717, 1.165) is 12.8 Å². The maximum absolute atomic E-state index is 2.44. The fourth-order valence-electron chi connectivity index (χ4n) is 8.49. The summed E-state index contributed by atoms with van der Waals surface area (Å²) in [7, 11) is 0. The van der Waals surface area contributed by atoms with Crippen molar-refractivity contribution < 1.29 is 0 Å². The highest BCUT2D eigenvalue weighted by Crippen LogP contribution is 2.59. The molecular weight excluding hydrogens is 516 g/mol. The molecule has 0 N–H and O–H groups in total. The number of hydrogen-bond donors (Lipinski definition) is 0. The topological polar surface area (TPSA) is 0 Å². The van der Waals surface area contributed by atoms with Gasteiger partial charge in [0.05, 0.1) is 0 Å². The van der Waals surface area contributed by atoms with E-state index >= 15 is 0 Å². The van der Waals surface area contributed by atoms with Gasteiger partial charge in [-0.3, -0.25) is 0 Å². The summed E-state index contributed by atoms with van der Waals surface area (Å²) in [5.74, 6) is 0. The summed E-state index contributed by atoms with van der Waals surface area (Å²) in [6.45, 7) is 12.0. The van der Waals surface area contributed by atoms with E-state index in [1.54, 1.807) is 0 Å². The van der Waals surface area contributed by atoms with Crippen LogP contribution in [0.15, 0.2) is 115 Å². The van der Waals surface area contributed by atoms with Gasteiger partial charge in [-0.15, -0.1) is 0 Å². The summed E-state index contributed by atoms with van der Waals surface area (Å²) >= 11 is 0. The van der Waals surface area contributed by atoms with Crippen LogP contribution >= 0.6 is 0 Å². The minimum absolute atomic E-state index is 0.00734. The molecule has 210 valence electrons. The Morgan fingerprint density at radius 3 is 2.16 bits per heavy atom. The van der Waals surface area contributed by atoms with E-state index in [4.69, 9.17) is 0 Å². The largest absolute Gasteiger partial charge is 0.0836 e. The highest BCUT2D eigenvalue weighted by molar-refractivity contribution is 5.99. The van der Waals surface area contributed by atoms with Crippen molar-refractivity contribution in [2.75, 3.05) is 0 Å². The highest BCUT2D eigenvalue weighted by atomic mass is 14.5. The van der Waals surface area contributed by atoms with Crippen LogP contribution in [-0.2, 0) is 10.8 Å². The van der Waals surface area contributed by atoms with Gasteiger partial charge in [0, 0.05) is 10.8 Å². The van der Waals surface area contributed by atoms with Gasteiger partial charge in [0.15, 0.2) is 0 Å². The minimum atomic E-state index is -0.0640. The second-order valence-electron chi connectivity index (χ2n) is 13.6. The lowest BCUT2D eigenvalue weighted by molar-refractivity contribution is 0.648. The summed E-state index contributed by atoms with van der Waals surface area (Å²) in [5, 5.41) is 2.58. The molecule has 0 nitrogen and oxygen atoms in total. The third-order valence-electron chi connectivity index (χ3n) is 10.6. The second-order valence-corrected chi connectivity index (χ2v) is 13.6. The molecule has 0 unspecified atom stereocenters. The average Bonchev–Trinajstić information content (AvgIpc) is 3.40. The Labute approximate surface area is 256 Å². The molecule has 3 aliphatic rings. The molecule has 0 saturated carbocycles. The fourth-order valence-corrected chi connectivity index (χ4v) is 8.49. The Morgan fingerprint density at radius 2 is 1.30 bits per heavy atom. The lowest BCUT2D eigenvalue weighted by Gasteiger charge is -2.26. The van der Waals surface area contributed by atoms with Gasteiger partial charge < -0.3 is 0 Å². The van der Waals surface area contributed by atoms with Crippen LogP contribution < -0.4 is 0 Å². The molecule has 0 fully saturated rings. The van der Waals surface area contributed by atoms with Crippen LogP contribution in [0, 0.1) is 6.92 Å². The first-order valence-electron chi connectivity index (χ1n) is 15.8. The Morgan fingerprint density at radius 1 is 0.605 bits per heavy atom. The van der Waals surface area contributed by atoms with Crippen LogP contribution in [0.3, 0.4) is 0 Å². The van der Waals surface area contributed by atoms with Crippen LogP contribution in [-0.4, -0.2) is 0 Å². The van der Waals surface area contributed by atoms with Crippen LogP contribution in [0.25, 0.3) is 44.7 Å². The van der Waals surface area contributed by atoms with Crippen molar-refractivity contribution >= 4 is 22.4 Å². The van der Waals surface area contributed by atoms with E-state index in [0.29, 0.717) is 0 Å². The molecule has 8 rings (SSSR count). The van der Waals surface area contributed by atoms with Crippen molar-refractivity contribution in [2.45, 2.75) is 58.3 Å². The molecule has 0 amide bonds. The van der Waals surface area contributed by atoms with Crippen molar-refractivity contribution in [3.63, 3.8) is 0 Å². The van der Waals surface area contributed by atoms with E-state index in [1.165, 1.54) is 83.1 Å². The SMILES string of the molecule is Cc1c(C2=C(/C=C\c3cccc4ccccc34)C=CCC2)ccc2c1C(C)(C)c1ccc3c(c1-2)-c1ccccc1C3(C)C. The molecule has 3 aliphatic carbocycles. The van der Waals surface area contributed by atoms with Crippen molar-refractivity contribution in [1.82, 2.24) is 0 Å². The number of hydrogen-bond acceptors (Lipinski definition) is 0. The maximum Gasteiger partial charge on any atom is 0.0161 e. The van der Waals surface area contributed by atoms with Gasteiger partial charge in [-0.25, -0.2) is 0 Å². The summed E-state index contributed by atoms with van der Waals surface area (Å²) < 4.78 is 0. The molecule has 5 aromatic carbocycles. The molecule has 0 bridgehead atoms. The molecule has 0 radical (unpaired) electrons. The molecule has 0 heteroatoms. The van der Waals surface area contributed by atoms with E-state index < -0.39 is 0 Å². The first-order valence-corrected chi connectivity index (χ1v) is 15.8. The molecule has 0 saturated heterocycles. The average molecular weight is 555 g/mol. The van der Waals surface area contributed by atoms with Crippen LogP contribution in [0.1, 0.15) is 79.5 Å². The molecule has 0 aromatic heterocycles. The van der Waals surface area contributed by atoms with E-state index in [2.05, 4.69) is 150 Å². The first kappa shape index (κ1) is 26.2. The molecule has 0 heterocycles. The zero-order chi connectivity index (χ0) is 29.5. The molecular formula is C43H38. The molecule has 0 spiro atoms. The summed E-state index contributed by atoms with van der Waals surface area (Å²) in [6.07, 6.45) is 11.5. The molecule has 5 aromatic rings. The van der Waals surface area contributed by atoms with Gasteiger partial charge in [-0.2, -0.15) is 0 Å². The highest BCUT2D eigenvalue weighted by Gasteiger charge is 2.44. The zero-order valence-corrected chi connectivity index (χ0v) is 25.9. The third-order valence-corrected chi connectivity index (χ3v) is 10.6. The Balaban J connectivity index is 1.29. The predicted octanol–water partition coefficient (Wildman–Crippen LogP) is 11.6. The Kier molecular flexibility index (Phi) is 5.66. The van der Waals surface area contributed by atoms with Crippen molar-refractivity contribution in [3.8, 4) is 22.3 Å². The molecule has 43 heavy (non-hydrogen) atoms. The molecule has 0 aliphatic heterocycles. The number of rotatable bonds is 3. The first-order chi connectivity index (χ1) is 20.8. The van der Waals surface area contributed by atoms with E-state index in [-0.39, 0.29) is 10.8 Å². The monoisotopic (exact) mass is 554 g/mol. The summed E-state index contributed by atoms with van der Waals surface area (Å²) in [5.41, 5.74) is 18.4. The zero-order valence-electron chi connectivity index (χ0n) is 25.9. The van der Waals surface area contributed by atoms with Gasteiger partial charge in [0.2, 0.25) is 0 Å². The van der Waals surface area contributed by atoms with E-state index in [9.17, 15) is 0 Å². The van der Waals surface area contributed by atoms with Gasteiger partial charge in [0.1, 0.15) is 0 Å².